The maximum absolute atomic E-state index is 5.17. The van der Waals surface area contributed by atoms with Crippen molar-refractivity contribution in [2.24, 2.45) is 0 Å². The van der Waals surface area contributed by atoms with Crippen LogP contribution in [0.5, 0.6) is 0 Å². The van der Waals surface area contributed by atoms with Crippen molar-refractivity contribution >= 4 is 12.2 Å². The standard InChI is InChI=1S/C13H21N3S/c1-10-6-11(7-14-13(10)17)8-16-5-4-12(9-16)15(2)3/h6-7,12H,4-5,8-9H2,1-3H3,(H,14,17)/t12-/m1/s1. The molecule has 0 spiro atoms. The van der Waals surface area contributed by atoms with Gasteiger partial charge in [-0.1, -0.05) is 18.3 Å². The molecular weight excluding hydrogens is 230 g/mol. The molecule has 94 valence electrons. The van der Waals surface area contributed by atoms with E-state index in [1.807, 2.05) is 6.20 Å². The van der Waals surface area contributed by atoms with Crippen LogP contribution in [0.3, 0.4) is 0 Å². The SMILES string of the molecule is Cc1cc(CN2CC[C@@H](N(C)C)C2)c[nH]c1=S. The third kappa shape index (κ3) is 3.15. The minimum Gasteiger partial charge on any atom is -0.352 e. The molecule has 3 nitrogen and oxygen atoms in total. The quantitative estimate of drug-likeness (QED) is 0.833. The van der Waals surface area contributed by atoms with E-state index in [9.17, 15) is 0 Å². The zero-order valence-corrected chi connectivity index (χ0v) is 11.7. The van der Waals surface area contributed by atoms with Gasteiger partial charge in [-0.3, -0.25) is 4.90 Å². The van der Waals surface area contributed by atoms with Crippen LogP contribution in [0, 0.1) is 11.6 Å². The summed E-state index contributed by atoms with van der Waals surface area (Å²) in [6, 6.07) is 2.90. The zero-order valence-electron chi connectivity index (χ0n) is 10.9. The van der Waals surface area contributed by atoms with Crippen LogP contribution in [0.15, 0.2) is 12.3 Å². The van der Waals surface area contributed by atoms with E-state index in [-0.39, 0.29) is 0 Å². The first kappa shape index (κ1) is 12.7. The fourth-order valence-electron chi connectivity index (χ4n) is 2.38. The molecule has 17 heavy (non-hydrogen) atoms. The third-order valence-corrected chi connectivity index (χ3v) is 3.97. The predicted octanol–water partition coefficient (Wildman–Crippen LogP) is 2.19. The Hall–Kier alpha value is -0.710. The van der Waals surface area contributed by atoms with Crippen molar-refractivity contribution < 1.29 is 0 Å². The summed E-state index contributed by atoms with van der Waals surface area (Å²) in [6.45, 7) is 5.45. The Morgan fingerprint density at radius 2 is 2.29 bits per heavy atom. The highest BCUT2D eigenvalue weighted by molar-refractivity contribution is 7.71. The van der Waals surface area contributed by atoms with Gasteiger partial charge in [-0.15, -0.1) is 0 Å². The number of nitrogens with one attached hydrogen (secondary N) is 1. The number of aromatic nitrogens is 1. The van der Waals surface area contributed by atoms with Gasteiger partial charge in [0.1, 0.15) is 4.64 Å². The molecule has 4 heteroatoms. The molecule has 1 aromatic heterocycles. The van der Waals surface area contributed by atoms with Crippen LogP contribution >= 0.6 is 12.2 Å². The Kier molecular flexibility index (Phi) is 3.97. The van der Waals surface area contributed by atoms with Crippen molar-refractivity contribution in [2.45, 2.75) is 25.9 Å². The summed E-state index contributed by atoms with van der Waals surface area (Å²) in [6.07, 6.45) is 3.31. The van der Waals surface area contributed by atoms with Gasteiger partial charge < -0.3 is 9.88 Å². The smallest absolute Gasteiger partial charge is 0.106 e. The topological polar surface area (TPSA) is 22.3 Å². The number of hydrogen-bond donors (Lipinski definition) is 1. The lowest BCUT2D eigenvalue weighted by atomic mass is 10.2. The van der Waals surface area contributed by atoms with Crippen LogP contribution in [0.25, 0.3) is 0 Å². The maximum Gasteiger partial charge on any atom is 0.106 e. The van der Waals surface area contributed by atoms with E-state index in [0.717, 1.165) is 11.2 Å². The van der Waals surface area contributed by atoms with Gasteiger partial charge in [-0.05, 0) is 38.6 Å². The van der Waals surface area contributed by atoms with Gasteiger partial charge >= 0.3 is 0 Å². The predicted molar refractivity (Wildman–Crippen MR) is 73.7 cm³/mol. The highest BCUT2D eigenvalue weighted by Crippen LogP contribution is 2.16. The summed E-state index contributed by atoms with van der Waals surface area (Å²) in [5, 5.41) is 0. The summed E-state index contributed by atoms with van der Waals surface area (Å²) in [5.74, 6) is 0. The average Bonchev–Trinajstić information content (AvgIpc) is 2.72. The number of aromatic amines is 1. The Bertz CT molecular complexity index is 439. The molecule has 1 atom stereocenters. The van der Waals surface area contributed by atoms with E-state index in [1.54, 1.807) is 0 Å². The first-order valence-electron chi connectivity index (χ1n) is 6.13. The van der Waals surface area contributed by atoms with Crippen molar-refractivity contribution in [3.05, 3.63) is 28.0 Å². The molecule has 1 N–H and O–H groups in total. The molecule has 0 aliphatic carbocycles. The van der Waals surface area contributed by atoms with Crippen LogP contribution in [0.2, 0.25) is 0 Å². The van der Waals surface area contributed by atoms with Crippen LogP contribution < -0.4 is 0 Å². The molecule has 0 amide bonds. The van der Waals surface area contributed by atoms with Gasteiger partial charge in [-0.2, -0.15) is 0 Å². The molecule has 0 saturated carbocycles. The molecular formula is C13H21N3S. The van der Waals surface area contributed by atoms with Crippen molar-refractivity contribution in [3.8, 4) is 0 Å². The van der Waals surface area contributed by atoms with Crippen LogP contribution in [-0.2, 0) is 6.54 Å². The van der Waals surface area contributed by atoms with E-state index >= 15 is 0 Å². The second kappa shape index (κ2) is 5.29. The largest absolute Gasteiger partial charge is 0.352 e. The summed E-state index contributed by atoms with van der Waals surface area (Å²) < 4.78 is 0.848. The molecule has 1 aliphatic rings. The first-order chi connectivity index (χ1) is 8.06. The summed E-state index contributed by atoms with van der Waals surface area (Å²) in [5.41, 5.74) is 2.50. The number of hydrogen-bond acceptors (Lipinski definition) is 3. The Balaban J connectivity index is 1.98. The molecule has 0 aromatic carbocycles. The lowest BCUT2D eigenvalue weighted by Crippen LogP contribution is -2.31. The van der Waals surface area contributed by atoms with Gasteiger partial charge in [0.05, 0.1) is 0 Å². The summed E-state index contributed by atoms with van der Waals surface area (Å²) >= 11 is 5.17. The lowest BCUT2D eigenvalue weighted by Gasteiger charge is -2.20. The van der Waals surface area contributed by atoms with Crippen molar-refractivity contribution in [1.29, 1.82) is 0 Å². The minimum absolute atomic E-state index is 0.707. The van der Waals surface area contributed by atoms with E-state index in [4.69, 9.17) is 12.2 Å². The number of likely N-dealkylation sites (N-methyl/N-ethyl adjacent to an activating group) is 1. The van der Waals surface area contributed by atoms with E-state index in [2.05, 4.69) is 41.9 Å². The molecule has 1 aromatic rings. The number of likely N-dealkylation sites (tertiary alicyclic amines) is 1. The number of H-pyrrole nitrogens is 1. The lowest BCUT2D eigenvalue weighted by molar-refractivity contribution is 0.264. The second-order valence-corrected chi connectivity index (χ2v) is 5.57. The van der Waals surface area contributed by atoms with Gasteiger partial charge in [0.15, 0.2) is 0 Å². The minimum atomic E-state index is 0.707. The molecule has 1 saturated heterocycles. The highest BCUT2D eigenvalue weighted by atomic mass is 32.1. The monoisotopic (exact) mass is 251 g/mol. The zero-order chi connectivity index (χ0) is 12.4. The first-order valence-corrected chi connectivity index (χ1v) is 6.54. The van der Waals surface area contributed by atoms with Crippen LogP contribution in [0.1, 0.15) is 17.5 Å². The Morgan fingerprint density at radius 3 is 2.88 bits per heavy atom. The molecule has 0 radical (unpaired) electrons. The fraction of sp³-hybridized carbons (Fsp3) is 0.615. The maximum atomic E-state index is 5.17. The molecule has 2 heterocycles. The van der Waals surface area contributed by atoms with Crippen molar-refractivity contribution in [3.63, 3.8) is 0 Å². The van der Waals surface area contributed by atoms with Crippen molar-refractivity contribution in [2.75, 3.05) is 27.2 Å². The van der Waals surface area contributed by atoms with Crippen molar-refractivity contribution in [1.82, 2.24) is 14.8 Å². The Labute approximate surface area is 108 Å². The second-order valence-electron chi connectivity index (χ2n) is 5.16. The number of rotatable bonds is 3. The number of nitrogens with zero attached hydrogens (tertiary/aromatic N) is 2. The van der Waals surface area contributed by atoms with E-state index in [1.165, 1.54) is 30.6 Å². The van der Waals surface area contributed by atoms with Crippen LogP contribution in [-0.4, -0.2) is 48.0 Å². The molecule has 1 aliphatic heterocycles. The van der Waals surface area contributed by atoms with Crippen LogP contribution in [0.4, 0.5) is 0 Å². The average molecular weight is 251 g/mol. The van der Waals surface area contributed by atoms with Gasteiger partial charge in [-0.25, -0.2) is 0 Å². The van der Waals surface area contributed by atoms with Gasteiger partial charge in [0.25, 0.3) is 0 Å². The highest BCUT2D eigenvalue weighted by Gasteiger charge is 2.23. The van der Waals surface area contributed by atoms with E-state index in [0.29, 0.717) is 6.04 Å². The molecule has 1 fully saturated rings. The number of aryl methyl sites for hydroxylation is 1. The summed E-state index contributed by atoms with van der Waals surface area (Å²) in [4.78, 5) is 7.99. The van der Waals surface area contributed by atoms with Gasteiger partial charge in [0, 0.05) is 31.9 Å². The number of pyridine rings is 1. The molecule has 0 unspecified atom stereocenters. The Morgan fingerprint density at radius 1 is 1.53 bits per heavy atom. The fourth-order valence-corrected chi connectivity index (χ4v) is 2.50. The normalized spacial score (nSPS) is 21.3. The van der Waals surface area contributed by atoms with Gasteiger partial charge in [0.2, 0.25) is 0 Å². The molecule has 2 rings (SSSR count). The summed E-state index contributed by atoms with van der Waals surface area (Å²) in [7, 11) is 4.33. The van der Waals surface area contributed by atoms with E-state index < -0.39 is 0 Å². The molecule has 0 bridgehead atoms. The third-order valence-electron chi connectivity index (χ3n) is 3.53.